The third-order valence-corrected chi connectivity index (χ3v) is 7.39. The molecule has 1 saturated carbocycles. The summed E-state index contributed by atoms with van der Waals surface area (Å²) in [6.07, 6.45) is 0.560. The summed E-state index contributed by atoms with van der Waals surface area (Å²) in [5.74, 6) is -0.742. The summed E-state index contributed by atoms with van der Waals surface area (Å²) in [4.78, 5) is 24.1. The molecule has 1 aromatic heterocycles. The first-order valence-electron chi connectivity index (χ1n) is 11.5. The van der Waals surface area contributed by atoms with Gasteiger partial charge in [-0.2, -0.15) is 0 Å². The molecule has 5 rings (SSSR count). The Labute approximate surface area is 208 Å². The standard InChI is InChI=1S/C29H25NO4S/c1-19(20-5-3-2-4-6-20)34-28(33)30-26-25(15-18-35-26)23-9-7-21(8-10-23)22-11-13-24(14-12-22)29(16-17-29)27(31)32/h2-15,18-19H,16-17H2,1H3,(H,30,33)(H,31,32). The monoisotopic (exact) mass is 483 g/mol. The maximum absolute atomic E-state index is 12.5. The number of carbonyl (C=O) groups is 2. The molecule has 3 aromatic carbocycles. The predicted molar refractivity (Wildman–Crippen MR) is 139 cm³/mol. The van der Waals surface area contributed by atoms with Gasteiger partial charge in [0, 0.05) is 5.56 Å². The van der Waals surface area contributed by atoms with Crippen LogP contribution in [0, 0.1) is 0 Å². The normalized spacial score (nSPS) is 14.7. The maximum Gasteiger partial charge on any atom is 0.412 e. The number of amides is 1. The molecule has 1 amide bonds. The van der Waals surface area contributed by atoms with E-state index in [0.717, 1.165) is 38.4 Å². The fraction of sp³-hybridized carbons (Fsp3) is 0.172. The largest absolute Gasteiger partial charge is 0.481 e. The van der Waals surface area contributed by atoms with Crippen molar-refractivity contribution in [3.05, 3.63) is 101 Å². The molecule has 0 aliphatic heterocycles. The molecule has 5 nitrogen and oxygen atoms in total. The summed E-state index contributed by atoms with van der Waals surface area (Å²) in [5.41, 5.74) is 5.11. The van der Waals surface area contributed by atoms with Gasteiger partial charge in [-0.15, -0.1) is 11.3 Å². The Kier molecular flexibility index (Phi) is 6.14. The number of ether oxygens (including phenoxy) is 1. The van der Waals surface area contributed by atoms with Crippen molar-refractivity contribution in [3.8, 4) is 22.3 Å². The smallest absolute Gasteiger partial charge is 0.412 e. The maximum atomic E-state index is 12.5. The van der Waals surface area contributed by atoms with E-state index in [1.54, 1.807) is 0 Å². The van der Waals surface area contributed by atoms with Crippen LogP contribution < -0.4 is 5.32 Å². The van der Waals surface area contributed by atoms with E-state index in [1.807, 2.05) is 97.2 Å². The van der Waals surface area contributed by atoms with Gasteiger partial charge < -0.3 is 9.84 Å². The van der Waals surface area contributed by atoms with E-state index in [9.17, 15) is 14.7 Å². The lowest BCUT2D eigenvalue weighted by Crippen LogP contribution is -2.19. The van der Waals surface area contributed by atoms with Gasteiger partial charge in [0.25, 0.3) is 0 Å². The quantitative estimate of drug-likeness (QED) is 0.285. The summed E-state index contributed by atoms with van der Waals surface area (Å²) in [7, 11) is 0. The van der Waals surface area contributed by atoms with Gasteiger partial charge in [0.1, 0.15) is 11.1 Å². The lowest BCUT2D eigenvalue weighted by atomic mass is 9.93. The van der Waals surface area contributed by atoms with Gasteiger partial charge in [0.2, 0.25) is 0 Å². The Balaban J connectivity index is 1.27. The van der Waals surface area contributed by atoms with E-state index in [4.69, 9.17) is 4.74 Å². The average molecular weight is 484 g/mol. The fourth-order valence-electron chi connectivity index (χ4n) is 4.28. The van der Waals surface area contributed by atoms with Crippen LogP contribution in [0.5, 0.6) is 0 Å². The Morgan fingerprint density at radius 2 is 1.49 bits per heavy atom. The van der Waals surface area contributed by atoms with E-state index < -0.39 is 17.5 Å². The second-order valence-corrected chi connectivity index (χ2v) is 9.70. The van der Waals surface area contributed by atoms with Crippen LogP contribution in [0.1, 0.15) is 37.0 Å². The molecular formula is C29H25NO4S. The summed E-state index contributed by atoms with van der Waals surface area (Å²) < 4.78 is 5.55. The highest BCUT2D eigenvalue weighted by atomic mass is 32.1. The number of carboxylic acid groups (broad SMARTS) is 1. The lowest BCUT2D eigenvalue weighted by Gasteiger charge is -2.14. The van der Waals surface area contributed by atoms with Gasteiger partial charge in [-0.05, 0) is 59.0 Å². The van der Waals surface area contributed by atoms with E-state index in [1.165, 1.54) is 11.3 Å². The number of nitrogens with one attached hydrogen (secondary N) is 1. The topological polar surface area (TPSA) is 75.6 Å². The van der Waals surface area contributed by atoms with Crippen LogP contribution in [0.2, 0.25) is 0 Å². The van der Waals surface area contributed by atoms with E-state index in [2.05, 4.69) is 5.32 Å². The summed E-state index contributed by atoms with van der Waals surface area (Å²) >= 11 is 1.45. The average Bonchev–Trinajstić information content (AvgIpc) is 3.58. The number of aliphatic carboxylic acids is 1. The zero-order chi connectivity index (χ0) is 24.4. The number of carbonyl (C=O) groups excluding carboxylic acids is 1. The molecular weight excluding hydrogens is 458 g/mol. The minimum absolute atomic E-state index is 0.351. The second kappa shape index (κ2) is 9.39. The highest BCUT2D eigenvalue weighted by Gasteiger charge is 2.51. The van der Waals surface area contributed by atoms with E-state index >= 15 is 0 Å². The van der Waals surface area contributed by atoms with Crippen molar-refractivity contribution in [2.45, 2.75) is 31.3 Å². The van der Waals surface area contributed by atoms with Crippen LogP contribution in [-0.4, -0.2) is 17.2 Å². The van der Waals surface area contributed by atoms with Crippen LogP contribution in [-0.2, 0) is 14.9 Å². The van der Waals surface area contributed by atoms with Crippen molar-refractivity contribution in [1.29, 1.82) is 0 Å². The third kappa shape index (κ3) is 4.70. The first-order chi connectivity index (χ1) is 17.0. The van der Waals surface area contributed by atoms with Gasteiger partial charge in [0.05, 0.1) is 5.41 Å². The zero-order valence-electron chi connectivity index (χ0n) is 19.2. The number of anilines is 1. The van der Waals surface area contributed by atoms with Crippen molar-refractivity contribution in [3.63, 3.8) is 0 Å². The molecule has 0 saturated heterocycles. The van der Waals surface area contributed by atoms with Crippen molar-refractivity contribution < 1.29 is 19.4 Å². The number of rotatable bonds is 7. The van der Waals surface area contributed by atoms with Gasteiger partial charge in [0.15, 0.2) is 0 Å². The summed E-state index contributed by atoms with van der Waals surface area (Å²) in [5, 5.41) is 15.1. The zero-order valence-corrected chi connectivity index (χ0v) is 20.0. The highest BCUT2D eigenvalue weighted by molar-refractivity contribution is 7.15. The molecule has 1 unspecified atom stereocenters. The molecule has 6 heteroatoms. The van der Waals surface area contributed by atoms with Crippen LogP contribution in [0.25, 0.3) is 22.3 Å². The molecule has 176 valence electrons. The van der Waals surface area contributed by atoms with Gasteiger partial charge in [-0.1, -0.05) is 78.9 Å². The van der Waals surface area contributed by atoms with Crippen molar-refractivity contribution >= 4 is 28.4 Å². The van der Waals surface area contributed by atoms with Gasteiger partial charge >= 0.3 is 12.1 Å². The van der Waals surface area contributed by atoms with Crippen molar-refractivity contribution in [2.75, 3.05) is 5.32 Å². The molecule has 0 radical (unpaired) electrons. The first-order valence-corrected chi connectivity index (χ1v) is 12.4. The first kappa shape index (κ1) is 22.9. The Hall–Kier alpha value is -3.90. The molecule has 0 spiro atoms. The van der Waals surface area contributed by atoms with E-state index in [-0.39, 0.29) is 6.10 Å². The minimum Gasteiger partial charge on any atom is -0.481 e. The lowest BCUT2D eigenvalue weighted by molar-refractivity contribution is -0.140. The fourth-order valence-corrected chi connectivity index (χ4v) is 5.08. The molecule has 4 aromatic rings. The summed E-state index contributed by atoms with van der Waals surface area (Å²) in [6, 6.07) is 27.5. The number of hydrogen-bond donors (Lipinski definition) is 2. The second-order valence-electron chi connectivity index (χ2n) is 8.79. The van der Waals surface area contributed by atoms with Gasteiger partial charge in [-0.25, -0.2) is 4.79 Å². The molecule has 35 heavy (non-hydrogen) atoms. The van der Waals surface area contributed by atoms with Crippen LogP contribution in [0.3, 0.4) is 0 Å². The Morgan fingerprint density at radius 1 is 0.886 bits per heavy atom. The van der Waals surface area contributed by atoms with E-state index in [0.29, 0.717) is 12.8 Å². The predicted octanol–water partition coefficient (Wildman–Crippen LogP) is 7.51. The molecule has 0 bridgehead atoms. The molecule has 1 atom stereocenters. The number of benzene rings is 3. The number of hydrogen-bond acceptors (Lipinski definition) is 4. The molecule has 1 aliphatic rings. The number of carboxylic acids is 1. The van der Waals surface area contributed by atoms with Crippen molar-refractivity contribution in [2.24, 2.45) is 0 Å². The SMILES string of the molecule is CC(OC(=O)Nc1sccc1-c1ccc(-c2ccc(C3(C(=O)O)CC3)cc2)cc1)c1ccccc1. The number of thiophene rings is 1. The van der Waals surface area contributed by atoms with Gasteiger partial charge in [-0.3, -0.25) is 10.1 Å². The third-order valence-electron chi connectivity index (χ3n) is 6.56. The molecule has 1 fully saturated rings. The summed E-state index contributed by atoms with van der Waals surface area (Å²) in [6.45, 7) is 1.85. The van der Waals surface area contributed by atoms with Crippen LogP contribution >= 0.6 is 11.3 Å². The Bertz CT molecular complexity index is 1340. The molecule has 2 N–H and O–H groups in total. The van der Waals surface area contributed by atoms with Crippen LogP contribution in [0.15, 0.2) is 90.3 Å². The van der Waals surface area contributed by atoms with Crippen molar-refractivity contribution in [1.82, 2.24) is 0 Å². The molecule has 1 heterocycles. The van der Waals surface area contributed by atoms with Crippen LogP contribution in [0.4, 0.5) is 9.80 Å². The highest BCUT2D eigenvalue weighted by Crippen LogP contribution is 2.48. The molecule has 1 aliphatic carbocycles. The minimum atomic E-state index is -0.742. The Morgan fingerprint density at radius 3 is 2.09 bits per heavy atom.